The average Bonchev–Trinajstić information content (AvgIpc) is 2.59. The second kappa shape index (κ2) is 8.55. The Labute approximate surface area is 176 Å². The van der Waals surface area contributed by atoms with Gasteiger partial charge in [0.25, 0.3) is 0 Å². The molecular formula is C25H50N2O. The third kappa shape index (κ3) is 6.19. The Hall–Kier alpha value is -0.120. The maximum absolute atomic E-state index is 6.10. The van der Waals surface area contributed by atoms with E-state index in [1.54, 1.807) is 0 Å². The third-order valence-electron chi connectivity index (χ3n) is 7.74. The van der Waals surface area contributed by atoms with E-state index in [1.165, 1.54) is 38.8 Å². The number of piperidine rings is 1. The molecule has 0 aliphatic carbocycles. The zero-order chi connectivity index (χ0) is 21.4. The first kappa shape index (κ1) is 24.2. The normalized spacial score (nSPS) is 27.2. The van der Waals surface area contributed by atoms with Crippen molar-refractivity contribution in [3.63, 3.8) is 0 Å². The van der Waals surface area contributed by atoms with Crippen LogP contribution in [0.25, 0.3) is 0 Å². The molecule has 0 amide bonds. The highest BCUT2D eigenvalue weighted by Gasteiger charge is 2.40. The SMILES string of the molecule is CC(C)(C)C1CN(C(C)(C)CCC(C)(C)C2CCCN(C(C)(C)C)C2)CCO1. The van der Waals surface area contributed by atoms with Crippen LogP contribution in [0.2, 0.25) is 0 Å². The zero-order valence-corrected chi connectivity index (χ0v) is 20.8. The van der Waals surface area contributed by atoms with Gasteiger partial charge in [-0.2, -0.15) is 0 Å². The molecule has 3 nitrogen and oxygen atoms in total. The molecule has 2 unspecified atom stereocenters. The molecule has 2 rings (SSSR count). The summed E-state index contributed by atoms with van der Waals surface area (Å²) >= 11 is 0. The average molecular weight is 395 g/mol. The molecule has 2 aliphatic rings. The summed E-state index contributed by atoms with van der Waals surface area (Å²) in [5.74, 6) is 0.809. The van der Waals surface area contributed by atoms with Crippen molar-refractivity contribution in [2.75, 3.05) is 32.8 Å². The number of hydrogen-bond donors (Lipinski definition) is 0. The summed E-state index contributed by atoms with van der Waals surface area (Å²) in [7, 11) is 0. The van der Waals surface area contributed by atoms with Crippen molar-refractivity contribution in [1.29, 1.82) is 0 Å². The number of likely N-dealkylation sites (tertiary alicyclic amines) is 1. The maximum Gasteiger partial charge on any atom is 0.0750 e. The molecule has 2 aliphatic heterocycles. The molecule has 0 bridgehead atoms. The topological polar surface area (TPSA) is 15.7 Å². The van der Waals surface area contributed by atoms with E-state index in [4.69, 9.17) is 4.74 Å². The van der Waals surface area contributed by atoms with E-state index in [9.17, 15) is 0 Å². The Bertz CT molecular complexity index is 452. The first-order valence-electron chi connectivity index (χ1n) is 11.7. The summed E-state index contributed by atoms with van der Waals surface area (Å²) < 4.78 is 6.10. The predicted octanol–water partition coefficient (Wildman–Crippen LogP) is 5.83. The van der Waals surface area contributed by atoms with E-state index in [0.717, 1.165) is 25.6 Å². The van der Waals surface area contributed by atoms with Crippen LogP contribution in [-0.4, -0.2) is 59.8 Å². The van der Waals surface area contributed by atoms with Gasteiger partial charge in [0.05, 0.1) is 12.7 Å². The summed E-state index contributed by atoms with van der Waals surface area (Å²) in [5, 5.41) is 0. The Morgan fingerprint density at radius 3 is 2.00 bits per heavy atom. The van der Waals surface area contributed by atoms with Gasteiger partial charge in [0, 0.05) is 30.7 Å². The maximum atomic E-state index is 6.10. The lowest BCUT2D eigenvalue weighted by atomic mass is 9.69. The van der Waals surface area contributed by atoms with Crippen LogP contribution < -0.4 is 0 Å². The standard InChI is InChI=1S/C25H50N2O/c1-22(2,3)21-19-27(16-17-28-21)25(9,10)14-13-24(7,8)20-12-11-15-26(18-20)23(4,5)6/h20-21H,11-19H2,1-10H3. The van der Waals surface area contributed by atoms with Crippen molar-refractivity contribution in [2.45, 2.75) is 112 Å². The van der Waals surface area contributed by atoms with E-state index in [-0.39, 0.29) is 11.0 Å². The highest BCUT2D eigenvalue weighted by molar-refractivity contribution is 4.93. The minimum Gasteiger partial charge on any atom is -0.375 e. The molecule has 0 saturated carbocycles. The molecule has 2 fully saturated rings. The Morgan fingerprint density at radius 2 is 1.43 bits per heavy atom. The molecular weight excluding hydrogens is 344 g/mol. The first-order valence-corrected chi connectivity index (χ1v) is 11.7. The first-order chi connectivity index (χ1) is 12.6. The fourth-order valence-corrected chi connectivity index (χ4v) is 4.94. The van der Waals surface area contributed by atoms with E-state index >= 15 is 0 Å². The number of ether oxygens (including phenoxy) is 1. The number of rotatable bonds is 5. The van der Waals surface area contributed by atoms with Crippen molar-refractivity contribution < 1.29 is 4.74 Å². The summed E-state index contributed by atoms with van der Waals surface area (Å²) in [6.07, 6.45) is 5.66. The van der Waals surface area contributed by atoms with Gasteiger partial charge in [0.2, 0.25) is 0 Å². The summed E-state index contributed by atoms with van der Waals surface area (Å²) in [6, 6.07) is 0. The van der Waals surface area contributed by atoms with Gasteiger partial charge in [0.1, 0.15) is 0 Å². The van der Waals surface area contributed by atoms with E-state index in [0.29, 0.717) is 17.1 Å². The van der Waals surface area contributed by atoms with Crippen molar-refractivity contribution in [3.05, 3.63) is 0 Å². The van der Waals surface area contributed by atoms with Crippen LogP contribution in [0.5, 0.6) is 0 Å². The van der Waals surface area contributed by atoms with Crippen LogP contribution in [0.15, 0.2) is 0 Å². The molecule has 0 radical (unpaired) electrons. The van der Waals surface area contributed by atoms with Gasteiger partial charge in [0.15, 0.2) is 0 Å². The lowest BCUT2D eigenvalue weighted by Crippen LogP contribution is -2.56. The second-order valence-corrected chi connectivity index (χ2v) is 12.9. The monoisotopic (exact) mass is 394 g/mol. The van der Waals surface area contributed by atoms with Gasteiger partial charge in [-0.15, -0.1) is 0 Å². The summed E-state index contributed by atoms with van der Waals surface area (Å²) in [4.78, 5) is 5.41. The van der Waals surface area contributed by atoms with Crippen LogP contribution in [0.4, 0.5) is 0 Å². The largest absolute Gasteiger partial charge is 0.375 e. The van der Waals surface area contributed by atoms with Crippen molar-refractivity contribution in [3.8, 4) is 0 Å². The number of nitrogens with zero attached hydrogens (tertiary/aromatic N) is 2. The van der Waals surface area contributed by atoms with Gasteiger partial charge in [-0.3, -0.25) is 9.80 Å². The van der Waals surface area contributed by atoms with Crippen molar-refractivity contribution in [1.82, 2.24) is 9.80 Å². The zero-order valence-electron chi connectivity index (χ0n) is 20.8. The highest BCUT2D eigenvalue weighted by Crippen LogP contribution is 2.41. The van der Waals surface area contributed by atoms with E-state index < -0.39 is 0 Å². The molecule has 28 heavy (non-hydrogen) atoms. The molecule has 166 valence electrons. The highest BCUT2D eigenvalue weighted by atomic mass is 16.5. The molecule has 0 spiro atoms. The van der Waals surface area contributed by atoms with E-state index in [2.05, 4.69) is 79.0 Å². The summed E-state index contributed by atoms with van der Waals surface area (Å²) in [6.45, 7) is 29.5. The van der Waals surface area contributed by atoms with Crippen LogP contribution in [-0.2, 0) is 4.74 Å². The second-order valence-electron chi connectivity index (χ2n) is 12.9. The van der Waals surface area contributed by atoms with Crippen LogP contribution >= 0.6 is 0 Å². The molecule has 0 aromatic rings. The fraction of sp³-hybridized carbons (Fsp3) is 1.00. The van der Waals surface area contributed by atoms with Gasteiger partial charge in [-0.05, 0) is 83.6 Å². The molecule has 2 heterocycles. The third-order valence-corrected chi connectivity index (χ3v) is 7.74. The van der Waals surface area contributed by atoms with Crippen LogP contribution in [0, 0.1) is 16.7 Å². The minimum absolute atomic E-state index is 0.215. The Kier molecular flexibility index (Phi) is 7.38. The Morgan fingerprint density at radius 1 is 0.786 bits per heavy atom. The molecule has 3 heteroatoms. The van der Waals surface area contributed by atoms with Crippen LogP contribution in [0.1, 0.15) is 94.9 Å². The van der Waals surface area contributed by atoms with E-state index in [1.807, 2.05) is 0 Å². The minimum atomic E-state index is 0.215. The fourth-order valence-electron chi connectivity index (χ4n) is 4.94. The quantitative estimate of drug-likeness (QED) is 0.583. The summed E-state index contributed by atoms with van der Waals surface area (Å²) in [5.41, 5.74) is 1.15. The van der Waals surface area contributed by atoms with Gasteiger partial charge in [-0.25, -0.2) is 0 Å². The smallest absolute Gasteiger partial charge is 0.0750 e. The molecule has 0 aromatic heterocycles. The predicted molar refractivity (Wildman–Crippen MR) is 122 cm³/mol. The van der Waals surface area contributed by atoms with Gasteiger partial charge in [-0.1, -0.05) is 34.6 Å². The number of morpholine rings is 1. The molecule has 2 atom stereocenters. The number of hydrogen-bond acceptors (Lipinski definition) is 3. The molecule has 0 N–H and O–H groups in total. The Balaban J connectivity index is 1.96. The van der Waals surface area contributed by atoms with Gasteiger partial charge >= 0.3 is 0 Å². The van der Waals surface area contributed by atoms with Crippen LogP contribution in [0.3, 0.4) is 0 Å². The van der Waals surface area contributed by atoms with Gasteiger partial charge < -0.3 is 4.74 Å². The lowest BCUT2D eigenvalue weighted by Gasteiger charge is -2.49. The van der Waals surface area contributed by atoms with Crippen molar-refractivity contribution >= 4 is 0 Å². The van der Waals surface area contributed by atoms with Crippen molar-refractivity contribution in [2.24, 2.45) is 16.7 Å². The molecule has 0 aromatic carbocycles. The molecule has 2 saturated heterocycles. The lowest BCUT2D eigenvalue weighted by molar-refractivity contribution is -0.106.